The third-order valence-electron chi connectivity index (χ3n) is 2.57. The first kappa shape index (κ1) is 14.3. The quantitative estimate of drug-likeness (QED) is 0.558. The van der Waals surface area contributed by atoms with Crippen LogP contribution in [0.3, 0.4) is 0 Å². The molecule has 0 bridgehead atoms. The van der Waals surface area contributed by atoms with Crippen LogP contribution in [0, 0.1) is 0 Å². The number of rotatable bonds is 6. The number of anilines is 1. The average molecular weight is 253 g/mol. The number of hydrazine groups is 1. The van der Waals surface area contributed by atoms with Gasteiger partial charge in [0.1, 0.15) is 0 Å². The predicted octanol–water partition coefficient (Wildman–Crippen LogP) is 0.259. The summed E-state index contributed by atoms with van der Waals surface area (Å²) in [5.74, 6) is 5.43. The summed E-state index contributed by atoms with van der Waals surface area (Å²) in [6, 6.07) is 3.18. The molecular formula is C11H19N5O2. The molecule has 3 N–H and O–H groups in total. The van der Waals surface area contributed by atoms with Gasteiger partial charge in [0, 0.05) is 13.7 Å². The summed E-state index contributed by atoms with van der Waals surface area (Å²) in [7, 11) is 1.61. The fourth-order valence-electron chi connectivity index (χ4n) is 1.66. The zero-order chi connectivity index (χ0) is 13.5. The molecule has 1 aromatic heterocycles. The minimum atomic E-state index is -0.168. The summed E-state index contributed by atoms with van der Waals surface area (Å²) in [5, 5.41) is 7.61. The van der Waals surface area contributed by atoms with Crippen LogP contribution in [-0.4, -0.2) is 47.3 Å². The first-order valence-electron chi connectivity index (χ1n) is 5.74. The summed E-state index contributed by atoms with van der Waals surface area (Å²) >= 11 is 0. The molecule has 18 heavy (non-hydrogen) atoms. The van der Waals surface area contributed by atoms with Gasteiger partial charge in [-0.2, -0.15) is 0 Å². The van der Waals surface area contributed by atoms with Crippen molar-refractivity contribution < 1.29 is 9.53 Å². The van der Waals surface area contributed by atoms with Gasteiger partial charge < -0.3 is 15.1 Å². The van der Waals surface area contributed by atoms with E-state index in [0.29, 0.717) is 24.7 Å². The van der Waals surface area contributed by atoms with Crippen LogP contribution in [0.1, 0.15) is 24.3 Å². The van der Waals surface area contributed by atoms with Crippen LogP contribution in [0.15, 0.2) is 12.1 Å². The van der Waals surface area contributed by atoms with Crippen molar-refractivity contribution >= 4 is 11.7 Å². The number of carbonyl (C=O) groups is 1. The van der Waals surface area contributed by atoms with Crippen LogP contribution < -0.4 is 11.3 Å². The molecule has 1 atom stereocenters. The second-order valence-electron chi connectivity index (χ2n) is 3.84. The number of nitrogens with zero attached hydrogens (tertiary/aromatic N) is 3. The van der Waals surface area contributed by atoms with Crippen molar-refractivity contribution in [2.24, 2.45) is 5.84 Å². The summed E-state index contributed by atoms with van der Waals surface area (Å²) in [5.41, 5.74) is 2.65. The minimum absolute atomic E-state index is 0.0124. The van der Waals surface area contributed by atoms with Crippen molar-refractivity contribution in [2.45, 2.75) is 19.9 Å². The summed E-state index contributed by atoms with van der Waals surface area (Å²) in [4.78, 5) is 13.9. The molecule has 0 aliphatic heterocycles. The Morgan fingerprint density at radius 1 is 1.56 bits per heavy atom. The lowest BCUT2D eigenvalue weighted by atomic mass is 10.2. The van der Waals surface area contributed by atoms with Crippen LogP contribution in [0.25, 0.3) is 0 Å². The number of nitrogens with two attached hydrogens (primary N) is 1. The Morgan fingerprint density at radius 3 is 2.72 bits per heavy atom. The summed E-state index contributed by atoms with van der Waals surface area (Å²) < 4.78 is 5.05. The zero-order valence-electron chi connectivity index (χ0n) is 10.9. The van der Waals surface area contributed by atoms with E-state index in [-0.39, 0.29) is 11.9 Å². The van der Waals surface area contributed by atoms with Crippen molar-refractivity contribution in [2.75, 3.05) is 25.7 Å². The number of ether oxygens (including phenoxy) is 1. The Labute approximate surface area is 106 Å². The molecule has 0 aromatic carbocycles. The topological polar surface area (TPSA) is 93.4 Å². The molecule has 0 fully saturated rings. The van der Waals surface area contributed by atoms with Gasteiger partial charge in [-0.3, -0.25) is 4.79 Å². The Morgan fingerprint density at radius 2 is 2.28 bits per heavy atom. The fraction of sp³-hybridized carbons (Fsp3) is 0.545. The molecule has 7 heteroatoms. The van der Waals surface area contributed by atoms with Crippen molar-refractivity contribution in [3.63, 3.8) is 0 Å². The van der Waals surface area contributed by atoms with E-state index in [1.54, 1.807) is 24.1 Å². The van der Waals surface area contributed by atoms with Crippen molar-refractivity contribution in [3.8, 4) is 0 Å². The standard InChI is InChI=1S/C11H19N5O2/c1-4-16(8(2)7-18-3)11(17)9-5-6-10(13-12)15-14-9/h5-6,8H,4,7,12H2,1-3H3,(H,13,15). The lowest BCUT2D eigenvalue weighted by Gasteiger charge is -2.27. The number of nitrogens with one attached hydrogen (secondary N) is 1. The van der Waals surface area contributed by atoms with Crippen molar-refractivity contribution in [1.82, 2.24) is 15.1 Å². The van der Waals surface area contributed by atoms with Gasteiger partial charge in [0.05, 0.1) is 12.6 Å². The third-order valence-corrected chi connectivity index (χ3v) is 2.57. The SMILES string of the molecule is CCN(C(=O)c1ccc(NN)nn1)C(C)COC. The van der Waals surface area contributed by atoms with Gasteiger partial charge in [-0.05, 0) is 26.0 Å². The third kappa shape index (κ3) is 3.38. The average Bonchev–Trinajstić information content (AvgIpc) is 2.40. The van der Waals surface area contributed by atoms with Gasteiger partial charge in [0.2, 0.25) is 0 Å². The maximum Gasteiger partial charge on any atom is 0.274 e. The molecule has 100 valence electrons. The predicted molar refractivity (Wildman–Crippen MR) is 67.9 cm³/mol. The maximum absolute atomic E-state index is 12.2. The molecule has 7 nitrogen and oxygen atoms in total. The maximum atomic E-state index is 12.2. The lowest BCUT2D eigenvalue weighted by Crippen LogP contribution is -2.41. The van der Waals surface area contributed by atoms with Crippen LogP contribution in [-0.2, 0) is 4.74 Å². The number of aromatic nitrogens is 2. The molecule has 0 saturated carbocycles. The van der Waals surface area contributed by atoms with Gasteiger partial charge in [-0.1, -0.05) is 0 Å². The highest BCUT2D eigenvalue weighted by Crippen LogP contribution is 2.07. The highest BCUT2D eigenvalue weighted by atomic mass is 16.5. The lowest BCUT2D eigenvalue weighted by molar-refractivity contribution is 0.0572. The van der Waals surface area contributed by atoms with Crippen molar-refractivity contribution in [3.05, 3.63) is 17.8 Å². The smallest absolute Gasteiger partial charge is 0.274 e. The summed E-state index contributed by atoms with van der Waals surface area (Å²) in [6.07, 6.45) is 0. The molecule has 0 aliphatic carbocycles. The second kappa shape index (κ2) is 6.87. The van der Waals surface area contributed by atoms with Gasteiger partial charge in [0.25, 0.3) is 5.91 Å². The van der Waals surface area contributed by atoms with Gasteiger partial charge in [-0.25, -0.2) is 5.84 Å². The van der Waals surface area contributed by atoms with E-state index < -0.39 is 0 Å². The molecule has 1 aromatic rings. The van der Waals surface area contributed by atoms with Crippen LogP contribution >= 0.6 is 0 Å². The largest absolute Gasteiger partial charge is 0.383 e. The number of hydrogen-bond donors (Lipinski definition) is 2. The number of carbonyl (C=O) groups excluding carboxylic acids is 1. The second-order valence-corrected chi connectivity index (χ2v) is 3.84. The Bertz CT molecular complexity index is 382. The summed E-state index contributed by atoms with van der Waals surface area (Å²) in [6.45, 7) is 4.90. The molecule has 1 amide bonds. The van der Waals surface area contributed by atoms with E-state index in [4.69, 9.17) is 10.6 Å². The first-order chi connectivity index (χ1) is 8.63. The van der Waals surface area contributed by atoms with Crippen LogP contribution in [0.4, 0.5) is 5.82 Å². The fourth-order valence-corrected chi connectivity index (χ4v) is 1.66. The number of nitrogen functional groups attached to an aromatic ring is 1. The first-order valence-corrected chi connectivity index (χ1v) is 5.74. The molecular weight excluding hydrogens is 234 g/mol. The molecule has 0 aliphatic rings. The van der Waals surface area contributed by atoms with Crippen LogP contribution in [0.5, 0.6) is 0 Å². The Hall–Kier alpha value is -1.73. The number of methoxy groups -OCH3 is 1. The Kier molecular flexibility index (Phi) is 5.47. The van der Waals surface area contributed by atoms with Gasteiger partial charge >= 0.3 is 0 Å². The number of hydrogen-bond acceptors (Lipinski definition) is 6. The number of amides is 1. The Balaban J connectivity index is 2.82. The van der Waals surface area contributed by atoms with Gasteiger partial charge in [-0.15, -0.1) is 10.2 Å². The van der Waals surface area contributed by atoms with E-state index >= 15 is 0 Å². The van der Waals surface area contributed by atoms with E-state index in [1.165, 1.54) is 0 Å². The van der Waals surface area contributed by atoms with E-state index in [1.807, 2.05) is 13.8 Å². The van der Waals surface area contributed by atoms with E-state index in [0.717, 1.165) is 0 Å². The monoisotopic (exact) mass is 253 g/mol. The van der Waals surface area contributed by atoms with Crippen molar-refractivity contribution in [1.29, 1.82) is 0 Å². The highest BCUT2D eigenvalue weighted by Gasteiger charge is 2.21. The van der Waals surface area contributed by atoms with Crippen LogP contribution in [0.2, 0.25) is 0 Å². The molecule has 1 unspecified atom stereocenters. The zero-order valence-corrected chi connectivity index (χ0v) is 10.9. The highest BCUT2D eigenvalue weighted by molar-refractivity contribution is 5.92. The minimum Gasteiger partial charge on any atom is -0.383 e. The normalized spacial score (nSPS) is 12.0. The van der Waals surface area contributed by atoms with E-state index in [9.17, 15) is 4.79 Å². The molecule has 1 heterocycles. The molecule has 0 saturated heterocycles. The molecule has 1 rings (SSSR count). The number of likely N-dealkylation sites (N-methyl/N-ethyl adjacent to an activating group) is 1. The molecule has 0 spiro atoms. The molecule has 0 radical (unpaired) electrons. The van der Waals surface area contributed by atoms with Gasteiger partial charge in [0.15, 0.2) is 11.5 Å². The van der Waals surface area contributed by atoms with E-state index in [2.05, 4.69) is 15.6 Å².